The van der Waals surface area contributed by atoms with E-state index in [9.17, 15) is 0 Å². The molecular weight excluding hydrogens is 182 g/mol. The minimum Gasteiger partial charge on any atom is -0.327 e. The van der Waals surface area contributed by atoms with Crippen LogP contribution in [0.1, 0.15) is 11.1 Å². The van der Waals surface area contributed by atoms with Crippen molar-refractivity contribution in [3.05, 3.63) is 53.6 Å². The molecule has 0 radical (unpaired) electrons. The van der Waals surface area contributed by atoms with E-state index in [4.69, 9.17) is 5.73 Å². The first-order valence-electron chi connectivity index (χ1n) is 5.18. The van der Waals surface area contributed by atoms with Gasteiger partial charge in [-0.15, -0.1) is 0 Å². The van der Waals surface area contributed by atoms with Gasteiger partial charge in [-0.25, -0.2) is 0 Å². The molecule has 0 aliphatic rings. The lowest BCUT2D eigenvalue weighted by Crippen LogP contribution is -1.92. The van der Waals surface area contributed by atoms with Crippen LogP contribution in [0.15, 0.2) is 42.5 Å². The number of benzene rings is 2. The van der Waals surface area contributed by atoms with E-state index in [2.05, 4.69) is 49.4 Å². The van der Waals surface area contributed by atoms with E-state index in [-0.39, 0.29) is 0 Å². The van der Waals surface area contributed by atoms with Crippen LogP contribution in [0, 0.1) is 6.92 Å². The Morgan fingerprint density at radius 2 is 1.80 bits per heavy atom. The molecule has 0 spiro atoms. The molecule has 15 heavy (non-hydrogen) atoms. The zero-order valence-corrected chi connectivity index (χ0v) is 8.90. The highest BCUT2D eigenvalue weighted by Gasteiger charge is 1.99. The van der Waals surface area contributed by atoms with E-state index in [1.165, 1.54) is 21.9 Å². The van der Waals surface area contributed by atoms with Crippen molar-refractivity contribution >= 4 is 16.8 Å². The molecule has 0 saturated carbocycles. The summed E-state index contributed by atoms with van der Waals surface area (Å²) in [7, 11) is 0. The Labute approximate surface area is 90.2 Å². The Kier molecular flexibility index (Phi) is 2.84. The summed E-state index contributed by atoms with van der Waals surface area (Å²) in [5.74, 6) is 0. The fraction of sp³-hybridized carbons (Fsp3) is 0.143. The van der Waals surface area contributed by atoms with Crippen molar-refractivity contribution in [1.82, 2.24) is 0 Å². The monoisotopic (exact) mass is 197 g/mol. The van der Waals surface area contributed by atoms with Crippen LogP contribution in [-0.4, -0.2) is 6.54 Å². The molecule has 2 rings (SSSR count). The summed E-state index contributed by atoms with van der Waals surface area (Å²) in [6.07, 6.45) is 4.07. The van der Waals surface area contributed by atoms with Gasteiger partial charge in [-0.3, -0.25) is 0 Å². The van der Waals surface area contributed by atoms with Gasteiger partial charge >= 0.3 is 0 Å². The number of fused-ring (bicyclic) bond motifs is 1. The van der Waals surface area contributed by atoms with Crippen molar-refractivity contribution in [3.8, 4) is 0 Å². The molecule has 0 atom stereocenters. The van der Waals surface area contributed by atoms with Crippen LogP contribution in [-0.2, 0) is 0 Å². The molecule has 0 saturated heterocycles. The summed E-state index contributed by atoms with van der Waals surface area (Å²) < 4.78 is 0. The average molecular weight is 197 g/mol. The number of nitrogens with two attached hydrogens (primary N) is 1. The SMILES string of the molecule is Cc1ccc(/C=C/CN)c2ccccc12. The van der Waals surface area contributed by atoms with Crippen molar-refractivity contribution in [2.24, 2.45) is 5.73 Å². The van der Waals surface area contributed by atoms with Gasteiger partial charge < -0.3 is 5.73 Å². The highest BCUT2D eigenvalue weighted by atomic mass is 14.5. The molecule has 1 nitrogen and oxygen atoms in total. The summed E-state index contributed by atoms with van der Waals surface area (Å²) in [6.45, 7) is 2.72. The fourth-order valence-corrected chi connectivity index (χ4v) is 1.81. The Bertz CT molecular complexity index is 498. The maximum Gasteiger partial charge on any atom is 0.0110 e. The van der Waals surface area contributed by atoms with E-state index in [1.54, 1.807) is 0 Å². The second-order valence-electron chi connectivity index (χ2n) is 3.66. The average Bonchev–Trinajstić information content (AvgIpc) is 2.29. The molecule has 76 valence electrons. The molecule has 2 N–H and O–H groups in total. The first-order chi connectivity index (χ1) is 7.33. The molecule has 0 amide bonds. The van der Waals surface area contributed by atoms with Gasteiger partial charge in [0.15, 0.2) is 0 Å². The van der Waals surface area contributed by atoms with Crippen molar-refractivity contribution in [1.29, 1.82) is 0 Å². The van der Waals surface area contributed by atoms with Gasteiger partial charge in [0.05, 0.1) is 0 Å². The maximum absolute atomic E-state index is 5.46. The smallest absolute Gasteiger partial charge is 0.0110 e. The molecule has 2 aromatic carbocycles. The molecule has 2 aromatic rings. The third-order valence-corrected chi connectivity index (χ3v) is 2.61. The van der Waals surface area contributed by atoms with E-state index in [0.717, 1.165) is 0 Å². The maximum atomic E-state index is 5.46. The van der Waals surface area contributed by atoms with Crippen molar-refractivity contribution < 1.29 is 0 Å². The van der Waals surface area contributed by atoms with Crippen LogP contribution in [0.25, 0.3) is 16.8 Å². The Hall–Kier alpha value is -1.60. The lowest BCUT2D eigenvalue weighted by atomic mass is 10.00. The molecule has 0 bridgehead atoms. The number of hydrogen-bond donors (Lipinski definition) is 1. The summed E-state index contributed by atoms with van der Waals surface area (Å²) in [5.41, 5.74) is 8.02. The van der Waals surface area contributed by atoms with Crippen LogP contribution in [0.2, 0.25) is 0 Å². The van der Waals surface area contributed by atoms with Gasteiger partial charge in [0.1, 0.15) is 0 Å². The molecule has 0 aromatic heterocycles. The minimum atomic E-state index is 0.586. The van der Waals surface area contributed by atoms with Gasteiger partial charge in [-0.1, -0.05) is 48.6 Å². The Balaban J connectivity index is 2.66. The highest BCUT2D eigenvalue weighted by molar-refractivity contribution is 5.92. The standard InChI is InChI=1S/C14H15N/c1-11-8-9-12(5-4-10-15)14-7-3-2-6-13(11)14/h2-9H,10,15H2,1H3/b5-4+. The first-order valence-corrected chi connectivity index (χ1v) is 5.18. The second kappa shape index (κ2) is 4.28. The minimum absolute atomic E-state index is 0.586. The van der Waals surface area contributed by atoms with Gasteiger partial charge in [0, 0.05) is 6.54 Å². The van der Waals surface area contributed by atoms with Crippen molar-refractivity contribution in [2.75, 3.05) is 6.54 Å². The summed E-state index contributed by atoms with van der Waals surface area (Å²) in [5, 5.41) is 2.61. The summed E-state index contributed by atoms with van der Waals surface area (Å²) >= 11 is 0. The summed E-state index contributed by atoms with van der Waals surface area (Å²) in [6, 6.07) is 12.7. The summed E-state index contributed by atoms with van der Waals surface area (Å²) in [4.78, 5) is 0. The third kappa shape index (κ3) is 1.92. The molecule has 0 unspecified atom stereocenters. The zero-order valence-electron chi connectivity index (χ0n) is 8.90. The molecule has 0 fully saturated rings. The lowest BCUT2D eigenvalue weighted by molar-refractivity contribution is 1.26. The molecule has 1 heteroatoms. The topological polar surface area (TPSA) is 26.0 Å². The lowest BCUT2D eigenvalue weighted by Gasteiger charge is -2.05. The molecule has 0 aliphatic heterocycles. The van der Waals surface area contributed by atoms with Gasteiger partial charge in [-0.05, 0) is 28.8 Å². The Morgan fingerprint density at radius 3 is 2.53 bits per heavy atom. The van der Waals surface area contributed by atoms with Crippen LogP contribution >= 0.6 is 0 Å². The van der Waals surface area contributed by atoms with Crippen molar-refractivity contribution in [2.45, 2.75) is 6.92 Å². The number of hydrogen-bond acceptors (Lipinski definition) is 1. The van der Waals surface area contributed by atoms with E-state index in [0.29, 0.717) is 6.54 Å². The van der Waals surface area contributed by atoms with Gasteiger partial charge in [0.25, 0.3) is 0 Å². The predicted octanol–water partition coefficient (Wildman–Crippen LogP) is 3.12. The predicted molar refractivity (Wildman–Crippen MR) is 66.8 cm³/mol. The second-order valence-corrected chi connectivity index (χ2v) is 3.66. The van der Waals surface area contributed by atoms with E-state index < -0.39 is 0 Å². The highest BCUT2D eigenvalue weighted by Crippen LogP contribution is 2.23. The zero-order chi connectivity index (χ0) is 10.7. The van der Waals surface area contributed by atoms with Crippen LogP contribution in [0.4, 0.5) is 0 Å². The molecular formula is C14H15N. The number of rotatable bonds is 2. The van der Waals surface area contributed by atoms with Crippen LogP contribution in [0.3, 0.4) is 0 Å². The van der Waals surface area contributed by atoms with Gasteiger partial charge in [-0.2, -0.15) is 0 Å². The largest absolute Gasteiger partial charge is 0.327 e. The molecule has 0 aliphatic carbocycles. The quantitative estimate of drug-likeness (QED) is 0.786. The van der Waals surface area contributed by atoms with Gasteiger partial charge in [0.2, 0.25) is 0 Å². The van der Waals surface area contributed by atoms with Crippen LogP contribution in [0.5, 0.6) is 0 Å². The normalized spacial score (nSPS) is 11.3. The Morgan fingerprint density at radius 1 is 1.07 bits per heavy atom. The third-order valence-electron chi connectivity index (χ3n) is 2.61. The number of aryl methyl sites for hydroxylation is 1. The van der Waals surface area contributed by atoms with E-state index >= 15 is 0 Å². The first kappa shape index (κ1) is 9.94. The van der Waals surface area contributed by atoms with E-state index in [1.807, 2.05) is 6.08 Å². The van der Waals surface area contributed by atoms with Crippen LogP contribution < -0.4 is 5.73 Å². The van der Waals surface area contributed by atoms with Crippen molar-refractivity contribution in [3.63, 3.8) is 0 Å². The molecule has 0 heterocycles. The fourth-order valence-electron chi connectivity index (χ4n) is 1.81.